The molecule has 0 aromatic rings. The van der Waals surface area contributed by atoms with E-state index in [4.69, 9.17) is 0 Å². The molecule has 20 heteroatoms. The average Bonchev–Trinajstić information content (AvgIpc) is 0. The maximum Gasteiger partial charge on any atom is 4.00 e. The first-order valence-corrected chi connectivity index (χ1v) is 0. The Labute approximate surface area is 164 Å². The Balaban J connectivity index is 0. The minimum absolute atomic E-state index is 0. The van der Waals surface area contributed by atoms with Crippen LogP contribution in [0.1, 0.15) is 0 Å². The van der Waals surface area contributed by atoms with Gasteiger partial charge in [-0.25, -0.2) is 0 Å². The summed E-state index contributed by atoms with van der Waals surface area (Å²) >= 11 is 0. The van der Waals surface area contributed by atoms with Crippen LogP contribution < -0.4 is 62.0 Å². The number of hydrogen-bond donors (Lipinski definition) is 0. The van der Waals surface area contributed by atoms with E-state index in [1.165, 1.54) is 0 Å². The first-order chi connectivity index (χ1) is 0. The van der Waals surface area contributed by atoms with E-state index in [-0.39, 0.29) is 165 Å². The van der Waals surface area contributed by atoms with Gasteiger partial charge in [0.15, 0.2) is 0 Å². The summed E-state index contributed by atoms with van der Waals surface area (Å²) in [6.07, 6.45) is 0. The summed E-state index contributed by atoms with van der Waals surface area (Å²) in [6.45, 7) is 0. The Morgan fingerprint density at radius 2 is 0.150 bits per heavy atom. The van der Waals surface area contributed by atoms with Crippen LogP contribution in [0.3, 0.4) is 0 Å². The second-order valence-electron chi connectivity index (χ2n) is 0. The van der Waals surface area contributed by atoms with E-state index < -0.39 is 0 Å². The summed E-state index contributed by atoms with van der Waals surface area (Å²) in [5.41, 5.74) is 0. The number of hydrogen-bond acceptors (Lipinski definition) is 14. The van der Waals surface area contributed by atoms with Crippen LogP contribution in [-0.2, 0) is 26.2 Å². The Kier molecular flexibility index (Phi) is 386000. The molecule has 0 amide bonds. The van der Waals surface area contributed by atoms with Crippen LogP contribution in [0.5, 0.6) is 0 Å². The molecular formula is H14Cl5O14Zr-15. The van der Waals surface area contributed by atoms with Gasteiger partial charge < -0.3 is 139 Å². The first kappa shape index (κ1) is 2990. The molecule has 0 heterocycles. The van der Waals surface area contributed by atoms with E-state index in [1.807, 2.05) is 0 Å². The van der Waals surface area contributed by atoms with Gasteiger partial charge in [0, 0.05) is 0 Å². The third kappa shape index (κ3) is 2220. The Morgan fingerprint density at radius 1 is 0.150 bits per heavy atom. The van der Waals surface area contributed by atoms with E-state index in [2.05, 4.69) is 0 Å². The fourth-order valence-corrected chi connectivity index (χ4v) is 0. The monoisotopic (exact) mass is 503 g/mol. The predicted octanol–water partition coefficient (Wildman–Crippen LogP) is -17.5. The van der Waals surface area contributed by atoms with Gasteiger partial charge >= 0.3 is 26.2 Å². The van der Waals surface area contributed by atoms with Crippen molar-refractivity contribution in [2.45, 2.75) is 0 Å². The summed E-state index contributed by atoms with van der Waals surface area (Å²) in [4.78, 5) is 0. The molecule has 0 bridgehead atoms. The zero-order chi connectivity index (χ0) is 0. The summed E-state index contributed by atoms with van der Waals surface area (Å²) in [5.74, 6) is 0. The van der Waals surface area contributed by atoms with E-state index in [1.54, 1.807) is 0 Å². The quantitative estimate of drug-likeness (QED) is 0.294. The van der Waals surface area contributed by atoms with Crippen LogP contribution in [-0.4, -0.2) is 76.7 Å². The van der Waals surface area contributed by atoms with Crippen molar-refractivity contribution in [1.29, 1.82) is 0 Å². The van der Waals surface area contributed by atoms with Crippen LogP contribution in [0.25, 0.3) is 0 Å². The van der Waals surface area contributed by atoms with E-state index >= 15 is 0 Å². The molecule has 0 rings (SSSR count). The summed E-state index contributed by atoms with van der Waals surface area (Å²) in [5, 5.41) is 0. The van der Waals surface area contributed by atoms with Crippen molar-refractivity contribution in [3.05, 3.63) is 0 Å². The van der Waals surface area contributed by atoms with Crippen molar-refractivity contribution in [1.82, 2.24) is 0 Å². The van der Waals surface area contributed by atoms with E-state index in [0.29, 0.717) is 0 Å². The van der Waals surface area contributed by atoms with Gasteiger partial charge in [-0.3, -0.25) is 0 Å². The smallest absolute Gasteiger partial charge is 1.00 e. The molecule has 0 aliphatic rings. The second-order valence-corrected chi connectivity index (χ2v) is 0. The fraction of sp³-hybridized carbons (Fsp3) is 0. The van der Waals surface area contributed by atoms with Gasteiger partial charge in [-0.2, -0.15) is 0 Å². The Morgan fingerprint density at radius 3 is 0.150 bits per heavy atom. The standard InChI is InChI=1S/5ClH.14H2O.Zr/h5*1H;14*1H2;/q;;;;;;;;;;;;;;;;;;;+4/p-19. The van der Waals surface area contributed by atoms with Gasteiger partial charge in [0.25, 0.3) is 0 Å². The van der Waals surface area contributed by atoms with Crippen LogP contribution in [0.2, 0.25) is 0 Å². The van der Waals surface area contributed by atoms with Gasteiger partial charge in [0.2, 0.25) is 0 Å². The van der Waals surface area contributed by atoms with Crippen molar-refractivity contribution in [3.63, 3.8) is 0 Å². The topological polar surface area (TPSA) is 420 Å². The van der Waals surface area contributed by atoms with Gasteiger partial charge in [-0.1, -0.05) is 0 Å². The van der Waals surface area contributed by atoms with E-state index in [0.717, 1.165) is 0 Å². The van der Waals surface area contributed by atoms with Crippen LogP contribution >= 0.6 is 0 Å². The van der Waals surface area contributed by atoms with Crippen molar-refractivity contribution in [3.8, 4) is 0 Å². The molecule has 0 aliphatic heterocycles. The molecule has 0 atom stereocenters. The van der Waals surface area contributed by atoms with E-state index in [9.17, 15) is 0 Å². The van der Waals surface area contributed by atoms with Crippen LogP contribution in [0.4, 0.5) is 0 Å². The summed E-state index contributed by atoms with van der Waals surface area (Å²) in [7, 11) is 0. The molecule has 0 radical (unpaired) electrons. The van der Waals surface area contributed by atoms with Crippen LogP contribution in [0.15, 0.2) is 0 Å². The molecule has 152 valence electrons. The molecular weight excluding hydrogens is 492 g/mol. The Bertz CT molecular complexity index is 21.5. The van der Waals surface area contributed by atoms with Gasteiger partial charge in [-0.05, 0) is 0 Å². The Hall–Kier alpha value is 1.77. The average molecular weight is 507 g/mol. The molecule has 14 nitrogen and oxygen atoms in total. The van der Waals surface area contributed by atoms with Gasteiger partial charge in [-0.15, -0.1) is 0 Å². The van der Waals surface area contributed by atoms with Crippen molar-refractivity contribution in [2.75, 3.05) is 0 Å². The van der Waals surface area contributed by atoms with Crippen molar-refractivity contribution < 1.29 is 165 Å². The summed E-state index contributed by atoms with van der Waals surface area (Å²) in [6, 6.07) is 0. The molecule has 0 unspecified atom stereocenters. The minimum Gasteiger partial charge on any atom is -1.00 e. The second kappa shape index (κ2) is 2580. The molecule has 0 fully saturated rings. The maximum absolute atomic E-state index is 0. The molecule has 20 heavy (non-hydrogen) atoms. The molecule has 14 N–H and O–H groups in total. The first-order valence-electron chi connectivity index (χ1n) is 0. The molecule has 0 saturated heterocycles. The molecule has 0 spiro atoms. The number of halogens is 5. The van der Waals surface area contributed by atoms with Crippen molar-refractivity contribution >= 4 is 0 Å². The maximum atomic E-state index is 0. The van der Waals surface area contributed by atoms with Gasteiger partial charge in [0.05, 0.1) is 0 Å². The van der Waals surface area contributed by atoms with Crippen LogP contribution in [0, 0.1) is 0 Å². The molecule has 0 saturated carbocycles. The largest absolute Gasteiger partial charge is 4.00 e. The zero-order valence-corrected chi connectivity index (χ0v) is 14.9. The van der Waals surface area contributed by atoms with Gasteiger partial charge in [0.1, 0.15) is 0 Å². The predicted molar refractivity (Wildman–Crippen MR) is 27.1 cm³/mol. The minimum atomic E-state index is 0. The zero-order valence-electron chi connectivity index (χ0n) is 8.65. The fourth-order valence-electron chi connectivity index (χ4n) is 0. The molecule has 0 aromatic heterocycles. The summed E-state index contributed by atoms with van der Waals surface area (Å²) < 4.78 is 0. The number of rotatable bonds is 0. The third-order valence-electron chi connectivity index (χ3n) is 0. The third-order valence-corrected chi connectivity index (χ3v) is 0. The molecule has 0 aromatic carbocycles. The normalized spacial score (nSPS) is 0. The SMILES string of the molecule is [Cl-].[Cl-].[Cl-].[Cl-].[Cl-].[OH-].[OH-].[OH-].[OH-].[OH-].[OH-].[OH-].[OH-].[OH-].[OH-].[OH-].[OH-].[OH-].[OH-].[Zr+4]. The van der Waals surface area contributed by atoms with Crippen molar-refractivity contribution in [2.24, 2.45) is 0 Å². The molecule has 0 aliphatic carbocycles.